The van der Waals surface area contributed by atoms with Crippen LogP contribution in [0.2, 0.25) is 0 Å². The number of carbonyl (C=O) groups is 1. The predicted octanol–water partition coefficient (Wildman–Crippen LogP) is 4.11. The Kier molecular flexibility index (Phi) is 4.62. The monoisotopic (exact) mass is 296 g/mol. The number of allylic oxidation sites excluding steroid dienone is 2. The van der Waals surface area contributed by atoms with E-state index in [-0.39, 0.29) is 0 Å². The van der Waals surface area contributed by atoms with Crippen molar-refractivity contribution in [2.24, 2.45) is 0 Å². The number of aromatic amines is 1. The number of nitrogens with one attached hydrogen (secondary N) is 2. The molecule has 1 aliphatic rings. The summed E-state index contributed by atoms with van der Waals surface area (Å²) in [4.78, 5) is 15.4. The third-order valence-electron chi connectivity index (χ3n) is 4.54. The molecule has 2 aromatic rings. The summed E-state index contributed by atoms with van der Waals surface area (Å²) in [6, 6.07) is 8.39. The van der Waals surface area contributed by atoms with Gasteiger partial charge in [0.05, 0.1) is 0 Å². The summed E-state index contributed by atoms with van der Waals surface area (Å²) in [7, 11) is 0. The maximum atomic E-state index is 12.1. The number of rotatable bonds is 5. The van der Waals surface area contributed by atoms with E-state index in [9.17, 15) is 4.79 Å². The first-order valence-electron chi connectivity index (χ1n) is 8.33. The SMILES string of the molecule is CC/C(NCCc1c[nH]c2ccccc12)=C1\CCCCC1=O. The molecule has 1 aromatic heterocycles. The molecule has 0 bridgehead atoms. The van der Waals surface area contributed by atoms with Crippen LogP contribution in [0.4, 0.5) is 0 Å². The lowest BCUT2D eigenvalue weighted by Crippen LogP contribution is -2.22. The molecule has 1 saturated carbocycles. The minimum atomic E-state index is 0.350. The predicted molar refractivity (Wildman–Crippen MR) is 90.8 cm³/mol. The maximum absolute atomic E-state index is 12.1. The first kappa shape index (κ1) is 14.9. The van der Waals surface area contributed by atoms with Crippen LogP contribution in [-0.4, -0.2) is 17.3 Å². The van der Waals surface area contributed by atoms with Crippen LogP contribution in [0.1, 0.15) is 44.6 Å². The molecule has 0 aliphatic heterocycles. The highest BCUT2D eigenvalue weighted by molar-refractivity contribution is 5.96. The highest BCUT2D eigenvalue weighted by Gasteiger charge is 2.18. The quantitative estimate of drug-likeness (QED) is 0.816. The minimum absolute atomic E-state index is 0.350. The highest BCUT2D eigenvalue weighted by atomic mass is 16.1. The van der Waals surface area contributed by atoms with Gasteiger partial charge in [0.1, 0.15) is 0 Å². The van der Waals surface area contributed by atoms with Crippen LogP contribution in [0, 0.1) is 0 Å². The number of aromatic nitrogens is 1. The molecule has 3 heteroatoms. The van der Waals surface area contributed by atoms with E-state index in [0.29, 0.717) is 5.78 Å². The fourth-order valence-corrected chi connectivity index (χ4v) is 3.33. The van der Waals surface area contributed by atoms with E-state index >= 15 is 0 Å². The lowest BCUT2D eigenvalue weighted by atomic mass is 9.91. The molecule has 0 spiro atoms. The van der Waals surface area contributed by atoms with Gasteiger partial charge in [-0.05, 0) is 43.7 Å². The summed E-state index contributed by atoms with van der Waals surface area (Å²) < 4.78 is 0. The molecule has 3 rings (SSSR count). The van der Waals surface area contributed by atoms with Gasteiger partial charge in [0.15, 0.2) is 5.78 Å². The summed E-state index contributed by atoms with van der Waals surface area (Å²) >= 11 is 0. The molecule has 0 amide bonds. The average molecular weight is 296 g/mol. The second-order valence-corrected chi connectivity index (χ2v) is 5.98. The highest BCUT2D eigenvalue weighted by Crippen LogP contribution is 2.23. The van der Waals surface area contributed by atoms with Crippen molar-refractivity contribution in [2.45, 2.75) is 45.4 Å². The van der Waals surface area contributed by atoms with Gasteiger partial charge in [-0.3, -0.25) is 4.79 Å². The van der Waals surface area contributed by atoms with Crippen molar-refractivity contribution in [3.63, 3.8) is 0 Å². The lowest BCUT2D eigenvalue weighted by Gasteiger charge is -2.19. The zero-order valence-electron chi connectivity index (χ0n) is 13.2. The molecule has 116 valence electrons. The molecule has 2 N–H and O–H groups in total. The average Bonchev–Trinajstić information content (AvgIpc) is 2.96. The Morgan fingerprint density at radius 2 is 2.05 bits per heavy atom. The lowest BCUT2D eigenvalue weighted by molar-refractivity contribution is -0.116. The van der Waals surface area contributed by atoms with Crippen LogP contribution in [0.15, 0.2) is 41.7 Å². The van der Waals surface area contributed by atoms with Crippen LogP contribution in [0.25, 0.3) is 10.9 Å². The van der Waals surface area contributed by atoms with Gasteiger partial charge < -0.3 is 10.3 Å². The number of ketones is 1. The van der Waals surface area contributed by atoms with E-state index in [2.05, 4.69) is 47.7 Å². The standard InChI is InChI=1S/C19H24N2O/c1-2-17(16-8-4-6-10-19(16)22)20-12-11-14-13-21-18-9-5-3-7-15(14)18/h3,5,7,9,13,20-21H,2,4,6,8,10-12H2,1H3/b17-16-. The normalized spacial score (nSPS) is 17.8. The van der Waals surface area contributed by atoms with Gasteiger partial charge in [0, 0.05) is 41.3 Å². The molecule has 22 heavy (non-hydrogen) atoms. The van der Waals surface area contributed by atoms with Gasteiger partial charge in [-0.15, -0.1) is 0 Å². The molecule has 1 aromatic carbocycles. The van der Waals surface area contributed by atoms with Crippen LogP contribution < -0.4 is 5.32 Å². The Bertz CT molecular complexity index is 696. The van der Waals surface area contributed by atoms with Crippen molar-refractivity contribution in [1.29, 1.82) is 0 Å². The van der Waals surface area contributed by atoms with Crippen LogP contribution in [-0.2, 0) is 11.2 Å². The van der Waals surface area contributed by atoms with Crippen molar-refractivity contribution < 1.29 is 4.79 Å². The van der Waals surface area contributed by atoms with E-state index in [1.54, 1.807) is 0 Å². The second-order valence-electron chi connectivity index (χ2n) is 5.98. The number of H-pyrrole nitrogens is 1. The molecule has 3 nitrogen and oxygen atoms in total. The Labute approximate surface area is 131 Å². The fourth-order valence-electron chi connectivity index (χ4n) is 3.33. The number of para-hydroxylation sites is 1. The molecule has 0 unspecified atom stereocenters. The zero-order valence-corrected chi connectivity index (χ0v) is 13.2. The molecule has 0 atom stereocenters. The Morgan fingerprint density at radius 3 is 2.86 bits per heavy atom. The topological polar surface area (TPSA) is 44.9 Å². The third-order valence-corrected chi connectivity index (χ3v) is 4.54. The van der Waals surface area contributed by atoms with Gasteiger partial charge in [-0.1, -0.05) is 25.1 Å². The van der Waals surface area contributed by atoms with Crippen LogP contribution in [0.5, 0.6) is 0 Å². The van der Waals surface area contributed by atoms with Crippen molar-refractivity contribution in [3.05, 3.63) is 47.3 Å². The molecule has 1 fully saturated rings. The van der Waals surface area contributed by atoms with E-state index in [0.717, 1.165) is 56.3 Å². The van der Waals surface area contributed by atoms with Crippen LogP contribution >= 0.6 is 0 Å². The molecule has 0 radical (unpaired) electrons. The Hall–Kier alpha value is -2.03. The minimum Gasteiger partial charge on any atom is -0.388 e. The summed E-state index contributed by atoms with van der Waals surface area (Å²) in [6.45, 7) is 3.00. The van der Waals surface area contributed by atoms with Crippen molar-refractivity contribution in [3.8, 4) is 0 Å². The van der Waals surface area contributed by atoms with E-state index in [1.165, 1.54) is 16.5 Å². The first-order chi connectivity index (χ1) is 10.8. The molecular formula is C19H24N2O. The number of fused-ring (bicyclic) bond motifs is 1. The smallest absolute Gasteiger partial charge is 0.160 e. The number of benzene rings is 1. The molecule has 1 aliphatic carbocycles. The van der Waals surface area contributed by atoms with E-state index in [4.69, 9.17) is 0 Å². The maximum Gasteiger partial charge on any atom is 0.160 e. The zero-order chi connectivity index (χ0) is 15.4. The third kappa shape index (κ3) is 3.08. The van der Waals surface area contributed by atoms with Crippen LogP contribution in [0.3, 0.4) is 0 Å². The number of hydrogen-bond acceptors (Lipinski definition) is 2. The van der Waals surface area contributed by atoms with Crippen molar-refractivity contribution in [2.75, 3.05) is 6.54 Å². The summed E-state index contributed by atoms with van der Waals surface area (Å²) in [5.41, 5.74) is 4.73. The fraction of sp³-hybridized carbons (Fsp3) is 0.421. The number of Topliss-reactive ketones (excluding diaryl/α,β-unsaturated/α-hetero) is 1. The number of carbonyl (C=O) groups excluding carboxylic acids is 1. The summed E-state index contributed by atoms with van der Waals surface area (Å²) in [5.74, 6) is 0.350. The second kappa shape index (κ2) is 6.82. The summed E-state index contributed by atoms with van der Waals surface area (Å²) in [6.07, 6.45) is 7.84. The Morgan fingerprint density at radius 1 is 1.23 bits per heavy atom. The van der Waals surface area contributed by atoms with Gasteiger partial charge in [-0.2, -0.15) is 0 Å². The largest absolute Gasteiger partial charge is 0.388 e. The van der Waals surface area contributed by atoms with E-state index < -0.39 is 0 Å². The Balaban J connectivity index is 1.66. The molecule has 0 saturated heterocycles. The number of hydrogen-bond donors (Lipinski definition) is 2. The molecule has 1 heterocycles. The first-order valence-corrected chi connectivity index (χ1v) is 8.33. The van der Waals surface area contributed by atoms with Gasteiger partial charge in [0.2, 0.25) is 0 Å². The van der Waals surface area contributed by atoms with Gasteiger partial charge in [-0.25, -0.2) is 0 Å². The van der Waals surface area contributed by atoms with Crippen molar-refractivity contribution in [1.82, 2.24) is 10.3 Å². The molecular weight excluding hydrogens is 272 g/mol. The van der Waals surface area contributed by atoms with Crippen molar-refractivity contribution >= 4 is 16.7 Å². The summed E-state index contributed by atoms with van der Waals surface area (Å²) in [5, 5.41) is 4.81. The van der Waals surface area contributed by atoms with E-state index in [1.807, 2.05) is 0 Å². The van der Waals surface area contributed by atoms with Gasteiger partial charge in [0.25, 0.3) is 0 Å². The van der Waals surface area contributed by atoms with Gasteiger partial charge >= 0.3 is 0 Å².